The summed E-state index contributed by atoms with van der Waals surface area (Å²) in [5.41, 5.74) is 10.4. The number of fused-ring (bicyclic) bond motifs is 1. The van der Waals surface area contributed by atoms with Crippen molar-refractivity contribution in [2.24, 2.45) is 0 Å². The largest absolute Gasteiger partial charge is 0.398 e. The number of para-hydroxylation sites is 1. The molecular formula is C24H27N3O2. The average Bonchev–Trinajstić information content (AvgIpc) is 2.77. The molecule has 0 bridgehead atoms. The molecule has 1 aliphatic heterocycles. The van der Waals surface area contributed by atoms with Gasteiger partial charge in [-0.25, -0.2) is 0 Å². The van der Waals surface area contributed by atoms with Crippen LogP contribution in [0.25, 0.3) is 22.0 Å². The minimum atomic E-state index is 0.0976. The average molecular weight is 389 g/mol. The van der Waals surface area contributed by atoms with Crippen molar-refractivity contribution < 1.29 is 9.53 Å². The van der Waals surface area contributed by atoms with Gasteiger partial charge in [0.15, 0.2) is 0 Å². The van der Waals surface area contributed by atoms with Gasteiger partial charge in [0, 0.05) is 54.7 Å². The van der Waals surface area contributed by atoms with Crippen LogP contribution in [0.5, 0.6) is 0 Å². The van der Waals surface area contributed by atoms with Crippen molar-refractivity contribution in [3.05, 3.63) is 60.3 Å². The van der Waals surface area contributed by atoms with E-state index in [2.05, 4.69) is 4.98 Å². The molecule has 0 saturated carbocycles. The lowest BCUT2D eigenvalue weighted by atomic mass is 9.96. The number of ether oxygens (including phenoxy) is 1. The molecule has 4 rings (SSSR count). The highest BCUT2D eigenvalue weighted by Gasteiger charge is 2.27. The Bertz CT molecular complexity index is 1020. The van der Waals surface area contributed by atoms with Crippen LogP contribution in [0.4, 0.5) is 5.69 Å². The summed E-state index contributed by atoms with van der Waals surface area (Å²) in [4.78, 5) is 19.9. The lowest BCUT2D eigenvalue weighted by molar-refractivity contribution is 0.0553. The minimum Gasteiger partial charge on any atom is -0.398 e. The number of anilines is 1. The molecule has 0 spiro atoms. The van der Waals surface area contributed by atoms with Crippen molar-refractivity contribution in [3.63, 3.8) is 0 Å². The molecule has 0 radical (unpaired) electrons. The number of nitrogens with zero attached hydrogens (tertiary/aromatic N) is 2. The molecular weight excluding hydrogens is 362 g/mol. The van der Waals surface area contributed by atoms with Crippen molar-refractivity contribution in [1.82, 2.24) is 9.88 Å². The Hall–Kier alpha value is -2.92. The third-order valence-corrected chi connectivity index (χ3v) is 5.77. The maximum Gasteiger partial charge on any atom is 0.254 e. The van der Waals surface area contributed by atoms with E-state index in [4.69, 9.17) is 10.5 Å². The second-order valence-corrected chi connectivity index (χ2v) is 7.61. The van der Waals surface area contributed by atoms with Gasteiger partial charge in [-0.05, 0) is 49.4 Å². The Balaban J connectivity index is 1.67. The molecule has 1 aliphatic rings. The smallest absolute Gasteiger partial charge is 0.254 e. The number of nitrogens with two attached hydrogens (primary N) is 1. The first kappa shape index (κ1) is 19.4. The zero-order valence-corrected chi connectivity index (χ0v) is 16.8. The van der Waals surface area contributed by atoms with Crippen LogP contribution in [0.2, 0.25) is 0 Å². The first-order chi connectivity index (χ1) is 14.2. The van der Waals surface area contributed by atoms with Crippen LogP contribution >= 0.6 is 0 Å². The fourth-order valence-corrected chi connectivity index (χ4v) is 4.24. The highest BCUT2D eigenvalue weighted by molar-refractivity contribution is 6.01. The molecule has 5 heteroatoms. The molecule has 1 saturated heterocycles. The fraction of sp³-hybridized carbons (Fsp3) is 0.333. The van der Waals surface area contributed by atoms with E-state index in [9.17, 15) is 4.79 Å². The SMILES string of the molecule is COCCC1CCCCN1C(=O)c1cccc(-c2cccc3c(N)ccnc23)c1. The van der Waals surface area contributed by atoms with Gasteiger partial charge >= 0.3 is 0 Å². The van der Waals surface area contributed by atoms with Crippen molar-refractivity contribution in [2.75, 3.05) is 26.0 Å². The summed E-state index contributed by atoms with van der Waals surface area (Å²) in [6.07, 6.45) is 5.88. The number of aromatic nitrogens is 1. The van der Waals surface area contributed by atoms with Gasteiger partial charge in [-0.3, -0.25) is 9.78 Å². The highest BCUT2D eigenvalue weighted by Crippen LogP contribution is 2.31. The predicted molar refractivity (Wildman–Crippen MR) is 117 cm³/mol. The zero-order valence-electron chi connectivity index (χ0n) is 16.8. The molecule has 150 valence electrons. The first-order valence-electron chi connectivity index (χ1n) is 10.2. The highest BCUT2D eigenvalue weighted by atomic mass is 16.5. The Morgan fingerprint density at radius 3 is 2.93 bits per heavy atom. The summed E-state index contributed by atoms with van der Waals surface area (Å²) in [6.45, 7) is 1.49. The van der Waals surface area contributed by atoms with Crippen molar-refractivity contribution in [2.45, 2.75) is 31.7 Å². The molecule has 1 atom stereocenters. The normalized spacial score (nSPS) is 16.9. The van der Waals surface area contributed by atoms with Gasteiger partial charge in [-0.15, -0.1) is 0 Å². The van der Waals surface area contributed by atoms with E-state index >= 15 is 0 Å². The molecule has 1 amide bonds. The number of likely N-dealkylation sites (tertiary alicyclic amines) is 1. The molecule has 1 fully saturated rings. The Kier molecular flexibility index (Phi) is 5.76. The van der Waals surface area contributed by atoms with Gasteiger partial charge in [0.1, 0.15) is 0 Å². The summed E-state index contributed by atoms with van der Waals surface area (Å²) in [7, 11) is 1.71. The van der Waals surface area contributed by atoms with E-state index in [1.54, 1.807) is 13.3 Å². The van der Waals surface area contributed by atoms with Crippen LogP contribution in [0.1, 0.15) is 36.0 Å². The molecule has 0 aliphatic carbocycles. The Morgan fingerprint density at radius 2 is 2.07 bits per heavy atom. The molecule has 2 aromatic carbocycles. The van der Waals surface area contributed by atoms with Crippen LogP contribution in [-0.2, 0) is 4.74 Å². The maximum absolute atomic E-state index is 13.3. The monoisotopic (exact) mass is 389 g/mol. The standard InChI is InChI=1S/C24H27N3O2/c1-29-15-12-19-8-2-3-14-27(19)24(28)18-7-4-6-17(16-18)20-9-5-10-21-22(25)11-13-26-23(20)21/h4-7,9-11,13,16,19H,2-3,8,12,14-15H2,1H3,(H2,25,26). The quantitative estimate of drug-likeness (QED) is 0.697. The van der Waals surface area contributed by atoms with Crippen LogP contribution in [0, 0.1) is 0 Å². The number of nitrogen functional groups attached to an aromatic ring is 1. The molecule has 3 aromatic rings. The molecule has 2 N–H and O–H groups in total. The summed E-state index contributed by atoms with van der Waals surface area (Å²) in [5, 5.41) is 0.928. The van der Waals surface area contributed by atoms with Crippen molar-refractivity contribution in [3.8, 4) is 11.1 Å². The third-order valence-electron chi connectivity index (χ3n) is 5.77. The second kappa shape index (κ2) is 8.62. The number of amides is 1. The van der Waals surface area contributed by atoms with Gasteiger partial charge in [-0.1, -0.05) is 30.3 Å². The zero-order chi connectivity index (χ0) is 20.2. The number of methoxy groups -OCH3 is 1. The van der Waals surface area contributed by atoms with Crippen molar-refractivity contribution in [1.29, 1.82) is 0 Å². The van der Waals surface area contributed by atoms with Crippen LogP contribution < -0.4 is 5.73 Å². The van der Waals surface area contributed by atoms with Gasteiger partial charge in [0.25, 0.3) is 5.91 Å². The fourth-order valence-electron chi connectivity index (χ4n) is 4.24. The van der Waals surface area contributed by atoms with Crippen LogP contribution in [0.3, 0.4) is 0 Å². The molecule has 2 heterocycles. The lowest BCUT2D eigenvalue weighted by Gasteiger charge is -2.36. The maximum atomic E-state index is 13.3. The molecule has 1 aromatic heterocycles. The number of carbonyl (C=O) groups excluding carboxylic acids is 1. The van der Waals surface area contributed by atoms with Crippen molar-refractivity contribution >= 4 is 22.5 Å². The van der Waals surface area contributed by atoms with Gasteiger partial charge < -0.3 is 15.4 Å². The van der Waals surface area contributed by atoms with Crippen LogP contribution in [0.15, 0.2) is 54.7 Å². The first-order valence-corrected chi connectivity index (χ1v) is 10.2. The van der Waals surface area contributed by atoms with E-state index < -0.39 is 0 Å². The van der Waals surface area contributed by atoms with E-state index in [1.165, 1.54) is 6.42 Å². The molecule has 29 heavy (non-hydrogen) atoms. The Labute approximate surface area is 171 Å². The lowest BCUT2D eigenvalue weighted by Crippen LogP contribution is -2.44. The molecule has 1 unspecified atom stereocenters. The third kappa shape index (κ3) is 3.96. The topological polar surface area (TPSA) is 68.5 Å². The van der Waals surface area contributed by atoms with Gasteiger partial charge in [0.2, 0.25) is 0 Å². The van der Waals surface area contributed by atoms with E-state index in [1.807, 2.05) is 53.4 Å². The number of benzene rings is 2. The van der Waals surface area contributed by atoms with E-state index in [-0.39, 0.29) is 11.9 Å². The number of hydrogen-bond donors (Lipinski definition) is 1. The van der Waals surface area contributed by atoms with E-state index in [0.717, 1.165) is 47.8 Å². The predicted octanol–water partition coefficient (Wildman–Crippen LogP) is 4.52. The van der Waals surface area contributed by atoms with Gasteiger partial charge in [-0.2, -0.15) is 0 Å². The number of rotatable bonds is 5. The molecule has 5 nitrogen and oxygen atoms in total. The Morgan fingerprint density at radius 1 is 1.21 bits per heavy atom. The second-order valence-electron chi connectivity index (χ2n) is 7.61. The number of carbonyl (C=O) groups is 1. The summed E-state index contributed by atoms with van der Waals surface area (Å²) in [6, 6.07) is 15.9. The number of hydrogen-bond acceptors (Lipinski definition) is 4. The minimum absolute atomic E-state index is 0.0976. The number of piperidine rings is 1. The summed E-state index contributed by atoms with van der Waals surface area (Å²) < 4.78 is 5.25. The van der Waals surface area contributed by atoms with E-state index in [0.29, 0.717) is 17.9 Å². The van der Waals surface area contributed by atoms with Gasteiger partial charge in [0.05, 0.1) is 5.52 Å². The van der Waals surface area contributed by atoms with Crippen LogP contribution in [-0.4, -0.2) is 42.1 Å². The summed E-state index contributed by atoms with van der Waals surface area (Å²) >= 11 is 0. The number of pyridine rings is 1. The summed E-state index contributed by atoms with van der Waals surface area (Å²) in [5.74, 6) is 0.0976.